The highest BCUT2D eigenvalue weighted by Gasteiger charge is 2.43. The first-order chi connectivity index (χ1) is 17.2. The van der Waals surface area contributed by atoms with Crippen LogP contribution in [0.25, 0.3) is 0 Å². The number of rotatable bonds is 7. The van der Waals surface area contributed by atoms with Crippen LogP contribution in [0.4, 0.5) is 11.4 Å². The van der Waals surface area contributed by atoms with Crippen molar-refractivity contribution in [1.29, 1.82) is 0 Å². The Morgan fingerprint density at radius 1 is 0.917 bits per heavy atom. The molecular weight excluding hydrogens is 472 g/mol. The molecule has 0 aliphatic carbocycles. The van der Waals surface area contributed by atoms with Gasteiger partial charge >= 0.3 is 11.9 Å². The molecule has 0 saturated carbocycles. The van der Waals surface area contributed by atoms with Crippen molar-refractivity contribution in [3.05, 3.63) is 99.1 Å². The zero-order valence-corrected chi connectivity index (χ0v) is 18.6. The summed E-state index contributed by atoms with van der Waals surface area (Å²) >= 11 is 0. The zero-order chi connectivity index (χ0) is 26.0. The quantitative estimate of drug-likeness (QED) is 0.122. The number of fused-ring (bicyclic) bond motifs is 1. The van der Waals surface area contributed by atoms with Crippen LogP contribution in [0.1, 0.15) is 48.4 Å². The van der Waals surface area contributed by atoms with Gasteiger partial charge in [-0.25, -0.2) is 9.69 Å². The fraction of sp³-hybridized carbons (Fsp3) is 0.0800. The Morgan fingerprint density at radius 3 is 2.28 bits per heavy atom. The smallest absolute Gasteiger partial charge is 0.340 e. The van der Waals surface area contributed by atoms with E-state index in [2.05, 4.69) is 0 Å². The summed E-state index contributed by atoms with van der Waals surface area (Å²) in [5, 5.41) is 11.4. The number of para-hydroxylation sites is 1. The Morgan fingerprint density at radius 2 is 1.61 bits per heavy atom. The lowest BCUT2D eigenvalue weighted by atomic mass is 10.1. The molecule has 3 aromatic carbocycles. The standard InChI is InChI=1S/C25H16N2O9/c1-14(28)36-16-11-9-15(10-12-16)21(29)13-35-25(32)17-5-2-3-7-19(17)26-23(30)18-6-4-8-20(27(33)34)22(18)24(26)31/h2-12H,13H2,1H3. The van der Waals surface area contributed by atoms with Gasteiger partial charge < -0.3 is 9.47 Å². The van der Waals surface area contributed by atoms with Crippen LogP contribution in [0, 0.1) is 10.1 Å². The number of esters is 2. The Labute approximate surface area is 203 Å². The van der Waals surface area contributed by atoms with Crippen molar-refractivity contribution >= 4 is 40.9 Å². The van der Waals surface area contributed by atoms with Gasteiger partial charge in [-0.05, 0) is 42.5 Å². The van der Waals surface area contributed by atoms with Gasteiger partial charge in [0.1, 0.15) is 11.3 Å². The van der Waals surface area contributed by atoms with Crippen molar-refractivity contribution in [1.82, 2.24) is 0 Å². The first-order valence-electron chi connectivity index (χ1n) is 10.4. The van der Waals surface area contributed by atoms with Gasteiger partial charge in [-0.3, -0.25) is 29.3 Å². The van der Waals surface area contributed by atoms with Gasteiger partial charge in [-0.2, -0.15) is 0 Å². The van der Waals surface area contributed by atoms with Crippen LogP contribution in [0.3, 0.4) is 0 Å². The Hall–Kier alpha value is -5.19. The van der Waals surface area contributed by atoms with Crippen LogP contribution in [0.15, 0.2) is 66.7 Å². The minimum absolute atomic E-state index is 0.138. The second-order valence-corrected chi connectivity index (χ2v) is 7.54. The normalized spacial score (nSPS) is 12.2. The SMILES string of the molecule is CC(=O)Oc1ccc(C(=O)COC(=O)c2ccccc2N2C(=O)c3cccc([N+](=O)[O-])c3C2=O)cc1. The third-order valence-corrected chi connectivity index (χ3v) is 5.23. The lowest BCUT2D eigenvalue weighted by Gasteiger charge is -2.17. The molecule has 2 amide bonds. The van der Waals surface area contributed by atoms with E-state index in [1.54, 1.807) is 0 Å². The number of carbonyl (C=O) groups is 5. The maximum atomic E-state index is 13.0. The molecule has 3 aromatic rings. The molecule has 0 spiro atoms. The zero-order valence-electron chi connectivity index (χ0n) is 18.6. The summed E-state index contributed by atoms with van der Waals surface area (Å²) in [6.07, 6.45) is 0. The van der Waals surface area contributed by atoms with E-state index in [1.807, 2.05) is 0 Å². The summed E-state index contributed by atoms with van der Waals surface area (Å²) in [6.45, 7) is 0.591. The van der Waals surface area contributed by atoms with Gasteiger partial charge in [0.2, 0.25) is 0 Å². The number of amides is 2. The van der Waals surface area contributed by atoms with Crippen molar-refractivity contribution in [3.8, 4) is 5.75 Å². The number of ketones is 1. The maximum Gasteiger partial charge on any atom is 0.340 e. The number of anilines is 1. The number of hydrogen-bond donors (Lipinski definition) is 0. The van der Waals surface area contributed by atoms with Crippen LogP contribution >= 0.6 is 0 Å². The van der Waals surface area contributed by atoms with E-state index in [1.165, 1.54) is 67.6 Å². The van der Waals surface area contributed by atoms with Crippen LogP contribution in [-0.2, 0) is 9.53 Å². The van der Waals surface area contributed by atoms with Gasteiger partial charge in [-0.1, -0.05) is 18.2 Å². The monoisotopic (exact) mass is 488 g/mol. The minimum atomic E-state index is -0.985. The minimum Gasteiger partial charge on any atom is -0.454 e. The molecule has 0 unspecified atom stereocenters. The van der Waals surface area contributed by atoms with Crippen LogP contribution in [0.2, 0.25) is 0 Å². The van der Waals surface area contributed by atoms with Gasteiger partial charge in [-0.15, -0.1) is 0 Å². The summed E-state index contributed by atoms with van der Waals surface area (Å²) in [4.78, 5) is 73.5. The van der Waals surface area contributed by atoms with Crippen molar-refractivity contribution in [2.75, 3.05) is 11.5 Å². The number of imide groups is 1. The summed E-state index contributed by atoms with van der Waals surface area (Å²) in [5.41, 5.74) is -1.19. The topological polar surface area (TPSA) is 150 Å². The van der Waals surface area contributed by atoms with E-state index in [4.69, 9.17) is 9.47 Å². The molecule has 1 heterocycles. The van der Waals surface area contributed by atoms with Crippen molar-refractivity contribution in [2.45, 2.75) is 6.92 Å². The number of ether oxygens (including phenoxy) is 2. The first kappa shape index (κ1) is 24.0. The number of nitrogens with zero attached hydrogens (tertiary/aromatic N) is 2. The third-order valence-electron chi connectivity index (χ3n) is 5.23. The molecule has 0 bridgehead atoms. The van der Waals surface area contributed by atoms with Crippen LogP contribution < -0.4 is 9.64 Å². The summed E-state index contributed by atoms with van der Waals surface area (Å²) in [7, 11) is 0. The number of hydrogen-bond acceptors (Lipinski definition) is 9. The average Bonchev–Trinajstić information content (AvgIpc) is 3.12. The molecule has 180 valence electrons. The molecular formula is C25H16N2O9. The van der Waals surface area contributed by atoms with Gasteiger partial charge in [0.05, 0.1) is 21.7 Å². The fourth-order valence-corrected chi connectivity index (χ4v) is 3.65. The second-order valence-electron chi connectivity index (χ2n) is 7.54. The number of benzene rings is 3. The molecule has 0 saturated heterocycles. The van der Waals surface area contributed by atoms with E-state index < -0.39 is 46.8 Å². The molecule has 0 atom stereocenters. The number of carbonyl (C=O) groups excluding carboxylic acids is 5. The molecule has 0 radical (unpaired) electrons. The van der Waals surface area contributed by atoms with Crippen LogP contribution in [0.5, 0.6) is 5.75 Å². The van der Waals surface area contributed by atoms with E-state index >= 15 is 0 Å². The fourth-order valence-electron chi connectivity index (χ4n) is 3.65. The van der Waals surface area contributed by atoms with E-state index in [0.29, 0.717) is 4.90 Å². The molecule has 4 rings (SSSR count). The lowest BCUT2D eigenvalue weighted by Crippen LogP contribution is -2.31. The molecule has 0 aromatic heterocycles. The number of Topliss-reactive ketones (excluding diaryl/α,β-unsaturated/α-hetero) is 1. The van der Waals surface area contributed by atoms with Gasteiger partial charge in [0.15, 0.2) is 12.4 Å². The molecule has 11 heteroatoms. The van der Waals surface area contributed by atoms with E-state index in [0.717, 1.165) is 6.07 Å². The summed E-state index contributed by atoms with van der Waals surface area (Å²) < 4.78 is 10.0. The average molecular weight is 488 g/mol. The number of nitro benzene ring substituents is 1. The second kappa shape index (κ2) is 9.58. The van der Waals surface area contributed by atoms with Crippen molar-refractivity contribution in [2.24, 2.45) is 0 Å². The molecule has 1 aliphatic rings. The third kappa shape index (κ3) is 4.44. The molecule has 0 N–H and O–H groups in total. The van der Waals surface area contributed by atoms with Gasteiger partial charge in [0, 0.05) is 18.6 Å². The highest BCUT2D eigenvalue weighted by Crippen LogP contribution is 2.35. The lowest BCUT2D eigenvalue weighted by molar-refractivity contribution is -0.385. The largest absolute Gasteiger partial charge is 0.454 e. The maximum absolute atomic E-state index is 13.0. The first-order valence-corrected chi connectivity index (χ1v) is 10.4. The predicted molar refractivity (Wildman–Crippen MR) is 123 cm³/mol. The summed E-state index contributed by atoms with van der Waals surface area (Å²) in [6, 6.07) is 14.9. The predicted octanol–water partition coefficient (Wildman–Crippen LogP) is 3.36. The Kier molecular flexibility index (Phi) is 6.38. The van der Waals surface area contributed by atoms with Gasteiger partial charge in [0.25, 0.3) is 17.5 Å². The molecule has 36 heavy (non-hydrogen) atoms. The highest BCUT2D eigenvalue weighted by atomic mass is 16.6. The number of nitro groups is 1. The van der Waals surface area contributed by atoms with Crippen molar-refractivity contribution in [3.63, 3.8) is 0 Å². The molecule has 1 aliphatic heterocycles. The summed E-state index contributed by atoms with van der Waals surface area (Å²) in [5.74, 6) is -3.59. The van der Waals surface area contributed by atoms with E-state index in [9.17, 15) is 34.1 Å². The Balaban J connectivity index is 1.54. The highest BCUT2D eigenvalue weighted by molar-refractivity contribution is 6.36. The Bertz CT molecular complexity index is 1440. The molecule has 11 nitrogen and oxygen atoms in total. The molecule has 0 fully saturated rings. The van der Waals surface area contributed by atoms with Crippen LogP contribution in [-0.4, -0.2) is 41.1 Å². The van der Waals surface area contributed by atoms with E-state index in [-0.39, 0.29) is 33.7 Å². The van der Waals surface area contributed by atoms with Crippen molar-refractivity contribution < 1.29 is 38.4 Å².